The first-order chi connectivity index (χ1) is 9.60. The maximum absolute atomic E-state index is 12.2. The minimum absolute atomic E-state index is 0. The molecule has 2 rings (SSSR count). The summed E-state index contributed by atoms with van der Waals surface area (Å²) in [5.41, 5.74) is 7.08. The number of benzene rings is 1. The Morgan fingerprint density at radius 1 is 1.43 bits per heavy atom. The summed E-state index contributed by atoms with van der Waals surface area (Å²) in [6.07, 6.45) is 6.11. The van der Waals surface area contributed by atoms with Crippen LogP contribution >= 0.6 is 12.4 Å². The number of nitrogens with two attached hydrogens (primary N) is 1. The van der Waals surface area contributed by atoms with Crippen LogP contribution in [0.15, 0.2) is 18.2 Å². The van der Waals surface area contributed by atoms with Crippen LogP contribution in [-0.4, -0.2) is 13.0 Å². The first-order valence-electron chi connectivity index (χ1n) is 7.34. The van der Waals surface area contributed by atoms with Crippen LogP contribution in [-0.2, 0) is 4.79 Å². The molecule has 0 spiro atoms. The largest absolute Gasteiger partial charge is 0.497 e. The highest BCUT2D eigenvalue weighted by Gasteiger charge is 2.22. The number of nitrogens with one attached hydrogen (secondary N) is 1. The van der Waals surface area contributed by atoms with E-state index in [1.165, 1.54) is 25.7 Å². The summed E-state index contributed by atoms with van der Waals surface area (Å²) in [5, 5.41) is 2.91. The Labute approximate surface area is 132 Å². The van der Waals surface area contributed by atoms with Gasteiger partial charge in [0.15, 0.2) is 0 Å². The number of carbonyl (C=O) groups is 1. The number of halogens is 1. The topological polar surface area (TPSA) is 64.3 Å². The van der Waals surface area contributed by atoms with E-state index in [0.717, 1.165) is 6.42 Å². The number of ether oxygens (including phenoxy) is 1. The van der Waals surface area contributed by atoms with Gasteiger partial charge in [0.05, 0.1) is 18.5 Å². The van der Waals surface area contributed by atoms with Crippen molar-refractivity contribution in [3.05, 3.63) is 18.2 Å². The molecule has 1 aliphatic rings. The fourth-order valence-electron chi connectivity index (χ4n) is 2.88. The lowest BCUT2D eigenvalue weighted by Gasteiger charge is -2.17. The highest BCUT2D eigenvalue weighted by Crippen LogP contribution is 2.31. The number of hydrogen-bond donors (Lipinski definition) is 2. The minimum atomic E-state index is 0. The van der Waals surface area contributed by atoms with Gasteiger partial charge in [0.1, 0.15) is 5.75 Å². The molecule has 1 aliphatic carbocycles. The van der Waals surface area contributed by atoms with Gasteiger partial charge in [0.25, 0.3) is 0 Å². The number of nitrogen functional groups attached to an aromatic ring is 1. The third-order valence-corrected chi connectivity index (χ3v) is 4.13. The van der Waals surface area contributed by atoms with Crippen LogP contribution in [0.5, 0.6) is 5.75 Å². The molecule has 0 heterocycles. The summed E-state index contributed by atoms with van der Waals surface area (Å²) >= 11 is 0. The van der Waals surface area contributed by atoms with Crippen molar-refractivity contribution in [3.8, 4) is 5.75 Å². The lowest BCUT2D eigenvalue weighted by Crippen LogP contribution is -2.22. The third-order valence-electron chi connectivity index (χ3n) is 4.13. The van der Waals surface area contributed by atoms with Gasteiger partial charge in [-0.25, -0.2) is 0 Å². The van der Waals surface area contributed by atoms with Crippen LogP contribution in [0.1, 0.15) is 39.0 Å². The molecule has 0 aromatic heterocycles. The van der Waals surface area contributed by atoms with Gasteiger partial charge in [-0.05, 0) is 24.5 Å². The van der Waals surface area contributed by atoms with Gasteiger partial charge in [-0.15, -0.1) is 12.4 Å². The van der Waals surface area contributed by atoms with E-state index in [1.54, 1.807) is 25.3 Å². The first-order valence-corrected chi connectivity index (χ1v) is 7.34. The number of carbonyl (C=O) groups excluding carboxylic acids is 1. The Kier molecular flexibility index (Phi) is 6.82. The lowest BCUT2D eigenvalue weighted by molar-refractivity contribution is -0.119. The van der Waals surface area contributed by atoms with Gasteiger partial charge >= 0.3 is 0 Å². The number of rotatable bonds is 5. The molecular weight excluding hydrogens is 288 g/mol. The minimum Gasteiger partial charge on any atom is -0.497 e. The maximum atomic E-state index is 12.2. The molecule has 4 nitrogen and oxygen atoms in total. The van der Waals surface area contributed by atoms with Crippen molar-refractivity contribution in [1.29, 1.82) is 0 Å². The van der Waals surface area contributed by atoms with E-state index < -0.39 is 0 Å². The van der Waals surface area contributed by atoms with Crippen molar-refractivity contribution in [2.45, 2.75) is 39.0 Å². The van der Waals surface area contributed by atoms with Crippen LogP contribution in [0.3, 0.4) is 0 Å². The second kappa shape index (κ2) is 8.13. The average molecular weight is 313 g/mol. The van der Waals surface area contributed by atoms with E-state index >= 15 is 0 Å². The standard InChI is InChI=1S/C16H24N2O2.ClH/c1-11(9-12-5-3-4-6-12)16(19)18-15-10-13(20-2)7-8-14(15)17;/h7-8,10-12H,3-6,9,17H2,1-2H3,(H,18,19);1H. The van der Waals surface area contributed by atoms with Crippen molar-refractivity contribution in [2.24, 2.45) is 11.8 Å². The third kappa shape index (κ3) is 4.81. The Balaban J connectivity index is 0.00000220. The average Bonchev–Trinajstić information content (AvgIpc) is 2.94. The van der Waals surface area contributed by atoms with Gasteiger partial charge in [-0.3, -0.25) is 4.79 Å². The highest BCUT2D eigenvalue weighted by atomic mass is 35.5. The maximum Gasteiger partial charge on any atom is 0.227 e. The Hall–Kier alpha value is -1.42. The quantitative estimate of drug-likeness (QED) is 0.812. The van der Waals surface area contributed by atoms with Gasteiger partial charge in [-0.1, -0.05) is 32.6 Å². The van der Waals surface area contributed by atoms with Crippen molar-refractivity contribution >= 4 is 29.7 Å². The normalized spacial score (nSPS) is 16.1. The van der Waals surface area contributed by atoms with Crippen LogP contribution < -0.4 is 15.8 Å². The molecule has 1 aromatic rings. The van der Waals surface area contributed by atoms with Gasteiger partial charge < -0.3 is 15.8 Å². The van der Waals surface area contributed by atoms with Gasteiger partial charge in [-0.2, -0.15) is 0 Å². The molecule has 1 atom stereocenters. The van der Waals surface area contributed by atoms with Crippen molar-refractivity contribution in [3.63, 3.8) is 0 Å². The van der Waals surface area contributed by atoms with E-state index in [1.807, 2.05) is 6.92 Å². The van der Waals surface area contributed by atoms with Crippen molar-refractivity contribution < 1.29 is 9.53 Å². The van der Waals surface area contributed by atoms with Crippen LogP contribution in [0.4, 0.5) is 11.4 Å². The highest BCUT2D eigenvalue weighted by molar-refractivity contribution is 5.95. The van der Waals surface area contributed by atoms with Crippen LogP contribution in [0.25, 0.3) is 0 Å². The summed E-state index contributed by atoms with van der Waals surface area (Å²) in [4.78, 5) is 12.2. The summed E-state index contributed by atoms with van der Waals surface area (Å²) in [6, 6.07) is 5.29. The Morgan fingerprint density at radius 3 is 2.71 bits per heavy atom. The molecule has 1 unspecified atom stereocenters. The summed E-state index contributed by atoms with van der Waals surface area (Å²) < 4.78 is 5.15. The van der Waals surface area contributed by atoms with E-state index in [4.69, 9.17) is 10.5 Å². The zero-order valence-corrected chi connectivity index (χ0v) is 13.5. The van der Waals surface area contributed by atoms with Crippen molar-refractivity contribution in [2.75, 3.05) is 18.2 Å². The molecule has 1 amide bonds. The lowest BCUT2D eigenvalue weighted by atomic mass is 9.94. The molecule has 0 radical (unpaired) electrons. The molecule has 118 valence electrons. The second-order valence-electron chi connectivity index (χ2n) is 5.73. The first kappa shape index (κ1) is 17.6. The molecule has 1 saturated carbocycles. The zero-order valence-electron chi connectivity index (χ0n) is 12.7. The molecule has 0 aliphatic heterocycles. The van der Waals surface area contributed by atoms with E-state index in [9.17, 15) is 4.79 Å². The summed E-state index contributed by atoms with van der Waals surface area (Å²) in [6.45, 7) is 1.99. The van der Waals surface area contributed by atoms with Crippen LogP contribution in [0.2, 0.25) is 0 Å². The number of amides is 1. The molecule has 3 N–H and O–H groups in total. The van der Waals surface area contributed by atoms with E-state index in [0.29, 0.717) is 23.0 Å². The monoisotopic (exact) mass is 312 g/mol. The number of anilines is 2. The second-order valence-corrected chi connectivity index (χ2v) is 5.73. The molecular formula is C16H25ClN2O2. The SMILES string of the molecule is COc1ccc(N)c(NC(=O)C(C)CC2CCCC2)c1.Cl. The van der Waals surface area contributed by atoms with E-state index in [2.05, 4.69) is 5.32 Å². The van der Waals surface area contributed by atoms with Crippen molar-refractivity contribution in [1.82, 2.24) is 0 Å². The van der Waals surface area contributed by atoms with E-state index in [-0.39, 0.29) is 24.2 Å². The number of methoxy groups -OCH3 is 1. The Morgan fingerprint density at radius 2 is 2.10 bits per heavy atom. The molecule has 1 fully saturated rings. The molecule has 0 saturated heterocycles. The fourth-order valence-corrected chi connectivity index (χ4v) is 2.88. The molecule has 0 bridgehead atoms. The Bertz CT molecular complexity index is 473. The predicted octanol–water partition coefficient (Wildman–Crippen LogP) is 3.85. The van der Waals surface area contributed by atoms with Gasteiger partial charge in [0.2, 0.25) is 5.91 Å². The van der Waals surface area contributed by atoms with Gasteiger partial charge in [0, 0.05) is 12.0 Å². The number of hydrogen-bond acceptors (Lipinski definition) is 3. The smallest absolute Gasteiger partial charge is 0.227 e. The molecule has 5 heteroatoms. The molecule has 21 heavy (non-hydrogen) atoms. The van der Waals surface area contributed by atoms with Crippen LogP contribution in [0, 0.1) is 11.8 Å². The predicted molar refractivity (Wildman–Crippen MR) is 89.0 cm³/mol. The summed E-state index contributed by atoms with van der Waals surface area (Å²) in [5.74, 6) is 1.46. The fraction of sp³-hybridized carbons (Fsp3) is 0.562. The molecule has 1 aromatic carbocycles. The zero-order chi connectivity index (χ0) is 14.5. The summed E-state index contributed by atoms with van der Waals surface area (Å²) in [7, 11) is 1.60.